The molecule has 9 N–H and O–H groups in total. The molecule has 1 aliphatic rings. The molecule has 5 atom stereocenters. The molecule has 1 saturated heterocycles. The van der Waals surface area contributed by atoms with Crippen molar-refractivity contribution in [3.05, 3.63) is 22.7 Å². The summed E-state index contributed by atoms with van der Waals surface area (Å²) in [7, 11) is -9.58. The Balaban J connectivity index is 1.82. The summed E-state index contributed by atoms with van der Waals surface area (Å²) < 4.78 is 51.6. The Kier molecular flexibility index (Phi) is 10.7. The van der Waals surface area contributed by atoms with Crippen LogP contribution in [0.3, 0.4) is 0 Å². The first-order valence-electron chi connectivity index (χ1n) is 11.0. The molecule has 0 unspecified atom stereocenters. The van der Waals surface area contributed by atoms with Gasteiger partial charge in [-0.3, -0.25) is 22.9 Å². The smallest absolute Gasteiger partial charge is 0.387 e. The average molecular weight is 604 g/mol. The molecule has 0 radical (unpaired) electrons. The number of carbonyl (C=O) groups is 2. The lowest BCUT2D eigenvalue weighted by molar-refractivity contribution is -0.137. The minimum atomic E-state index is -4.85. The number of aliphatic hydroxyl groups excluding tert-OH is 3. The van der Waals surface area contributed by atoms with Gasteiger partial charge in [-0.1, -0.05) is 13.8 Å². The van der Waals surface area contributed by atoms with Crippen molar-refractivity contribution < 1.29 is 61.1 Å². The lowest BCUT2D eigenvalue weighted by atomic mass is 9.87. The van der Waals surface area contributed by atoms with Crippen LogP contribution >= 0.6 is 7.82 Å². The number of phosphoric acid groups is 1. The van der Waals surface area contributed by atoms with E-state index in [4.69, 9.17) is 20.3 Å². The fraction of sp³-hybridized carbons (Fsp3) is 0.667. The summed E-state index contributed by atoms with van der Waals surface area (Å²) >= 11 is 0. The van der Waals surface area contributed by atoms with E-state index >= 15 is 0 Å². The summed E-state index contributed by atoms with van der Waals surface area (Å²) in [5, 5.41) is 32.6. The standard InChI is InChI=1S/C18H30N5O14PS/c1-18(2,8-35-38(30,31)32)14(27)15(28)20-5-3-11(24)22-39(33,34)36-7-9-12(25)13(26)16(37-9)23-6-4-10(19)21-17(23)29/h4,6,9,12-14,16,25-27H,3,5,7-8H2,1-2H3,(H,20,28)(H,22,24)(H2,19,21,29)(H2,30,31,32)/t9-,12-,13-,14+,16-/m1/s1. The molecule has 1 aliphatic heterocycles. The Hall–Kier alpha value is -2.52. The third-order valence-electron chi connectivity index (χ3n) is 5.33. The predicted octanol–water partition coefficient (Wildman–Crippen LogP) is -4.17. The molecule has 2 amide bonds. The van der Waals surface area contributed by atoms with Crippen molar-refractivity contribution in [3.63, 3.8) is 0 Å². The fourth-order valence-corrected chi connectivity index (χ4v) is 4.43. The number of nitrogens with two attached hydrogens (primary N) is 1. The fourth-order valence-electron chi connectivity index (χ4n) is 3.17. The summed E-state index contributed by atoms with van der Waals surface area (Å²) in [6.45, 7) is 0.618. The second-order valence-electron chi connectivity index (χ2n) is 9.05. The quantitative estimate of drug-likeness (QED) is 0.0992. The van der Waals surface area contributed by atoms with Crippen LogP contribution in [-0.4, -0.2) is 99.1 Å². The highest BCUT2D eigenvalue weighted by Gasteiger charge is 2.45. The number of hydrogen-bond donors (Lipinski definition) is 8. The van der Waals surface area contributed by atoms with Crippen LogP contribution in [0, 0.1) is 5.41 Å². The number of ether oxygens (including phenoxy) is 1. The van der Waals surface area contributed by atoms with Crippen LogP contribution in [0.4, 0.5) is 5.82 Å². The molecule has 19 nitrogen and oxygen atoms in total. The van der Waals surface area contributed by atoms with Crippen molar-refractivity contribution in [2.24, 2.45) is 5.41 Å². The van der Waals surface area contributed by atoms with Gasteiger partial charge < -0.3 is 40.9 Å². The number of aromatic nitrogens is 2. The molecule has 1 fully saturated rings. The molecule has 0 aromatic carbocycles. The number of carbonyl (C=O) groups excluding carboxylic acids is 2. The third-order valence-corrected chi connectivity index (χ3v) is 6.72. The zero-order chi connectivity index (χ0) is 29.8. The molecular formula is C18H30N5O14PS. The lowest BCUT2D eigenvalue weighted by Crippen LogP contribution is -2.46. The van der Waals surface area contributed by atoms with Gasteiger partial charge in [0.25, 0.3) is 0 Å². The van der Waals surface area contributed by atoms with E-state index in [1.165, 1.54) is 19.9 Å². The highest BCUT2D eigenvalue weighted by atomic mass is 32.2. The Bertz CT molecular complexity index is 1250. The van der Waals surface area contributed by atoms with E-state index < -0.39 is 97.9 Å². The zero-order valence-corrected chi connectivity index (χ0v) is 22.3. The molecule has 0 saturated carbocycles. The molecule has 222 valence electrons. The van der Waals surface area contributed by atoms with Gasteiger partial charge in [-0.25, -0.2) is 14.1 Å². The van der Waals surface area contributed by atoms with Crippen LogP contribution < -0.4 is 21.5 Å². The van der Waals surface area contributed by atoms with Gasteiger partial charge in [0, 0.05) is 24.6 Å². The van der Waals surface area contributed by atoms with Crippen molar-refractivity contribution in [1.82, 2.24) is 19.6 Å². The molecular weight excluding hydrogens is 573 g/mol. The van der Waals surface area contributed by atoms with Crippen molar-refractivity contribution in [2.75, 3.05) is 25.5 Å². The lowest BCUT2D eigenvalue weighted by Gasteiger charge is -2.29. The molecule has 0 spiro atoms. The maximum absolute atomic E-state index is 12.1. The predicted molar refractivity (Wildman–Crippen MR) is 127 cm³/mol. The first-order valence-corrected chi connectivity index (χ1v) is 14.0. The minimum absolute atomic E-state index is 0.0987. The van der Waals surface area contributed by atoms with Crippen molar-refractivity contribution in [1.29, 1.82) is 0 Å². The number of hydrogen-bond acceptors (Lipinski definition) is 14. The SMILES string of the molecule is CC(C)(COP(=O)(O)O)[C@@H](O)C(=O)NCCC(=O)NS(=O)(=O)OC[C@H]1O[C@@H](n2ccc(N)nc2=O)[C@H](O)[C@@H]1O. The molecule has 2 heterocycles. The summed E-state index contributed by atoms with van der Waals surface area (Å²) in [5.74, 6) is -2.24. The van der Waals surface area contributed by atoms with E-state index in [1.807, 2.05) is 0 Å². The molecule has 2 rings (SSSR count). The summed E-state index contributed by atoms with van der Waals surface area (Å²) in [5.41, 5.74) is 3.07. The zero-order valence-electron chi connectivity index (χ0n) is 20.6. The highest BCUT2D eigenvalue weighted by Crippen LogP contribution is 2.38. The topological polar surface area (TPSA) is 299 Å². The largest absolute Gasteiger partial charge is 0.469 e. The normalized spacial score (nSPS) is 22.8. The Morgan fingerprint density at radius 2 is 1.95 bits per heavy atom. The number of amides is 2. The summed E-state index contributed by atoms with van der Waals surface area (Å²) in [4.78, 5) is 57.0. The number of nitrogens with one attached hydrogen (secondary N) is 2. The van der Waals surface area contributed by atoms with Crippen molar-refractivity contribution in [3.8, 4) is 0 Å². The van der Waals surface area contributed by atoms with E-state index in [1.54, 1.807) is 4.72 Å². The Morgan fingerprint density at radius 1 is 1.31 bits per heavy atom. The van der Waals surface area contributed by atoms with E-state index in [2.05, 4.69) is 19.0 Å². The van der Waals surface area contributed by atoms with Gasteiger partial charge in [-0.05, 0) is 6.07 Å². The van der Waals surface area contributed by atoms with Gasteiger partial charge in [0.05, 0.1) is 13.2 Å². The van der Waals surface area contributed by atoms with Crippen LogP contribution in [-0.2, 0) is 37.9 Å². The van der Waals surface area contributed by atoms with Crippen molar-refractivity contribution in [2.45, 2.75) is 50.9 Å². The van der Waals surface area contributed by atoms with Crippen LogP contribution in [0.2, 0.25) is 0 Å². The number of phosphoric ester groups is 1. The number of aliphatic hydroxyl groups is 3. The number of nitrogen functional groups attached to an aromatic ring is 1. The first kappa shape index (κ1) is 32.7. The second-order valence-corrected chi connectivity index (χ2v) is 11.6. The Morgan fingerprint density at radius 3 is 2.54 bits per heavy atom. The molecule has 0 bridgehead atoms. The van der Waals surface area contributed by atoms with E-state index in [9.17, 15) is 42.7 Å². The van der Waals surface area contributed by atoms with E-state index in [0.717, 1.165) is 10.8 Å². The average Bonchev–Trinajstić information content (AvgIpc) is 3.09. The monoisotopic (exact) mass is 603 g/mol. The molecule has 39 heavy (non-hydrogen) atoms. The van der Waals surface area contributed by atoms with Gasteiger partial charge in [0.2, 0.25) is 11.8 Å². The summed E-state index contributed by atoms with van der Waals surface area (Å²) in [6.07, 6.45) is -7.43. The summed E-state index contributed by atoms with van der Waals surface area (Å²) in [6, 6.07) is 1.23. The number of anilines is 1. The van der Waals surface area contributed by atoms with Gasteiger partial charge >= 0.3 is 23.8 Å². The van der Waals surface area contributed by atoms with Gasteiger partial charge in [-0.2, -0.15) is 13.4 Å². The number of nitrogens with zero attached hydrogens (tertiary/aromatic N) is 2. The van der Waals surface area contributed by atoms with Gasteiger partial charge in [0.15, 0.2) is 6.23 Å². The second kappa shape index (κ2) is 12.8. The molecule has 21 heteroatoms. The first-order chi connectivity index (χ1) is 17.8. The maximum atomic E-state index is 12.1. The van der Waals surface area contributed by atoms with E-state index in [0.29, 0.717) is 0 Å². The third kappa shape index (κ3) is 9.57. The van der Waals surface area contributed by atoms with Crippen LogP contribution in [0.5, 0.6) is 0 Å². The molecule has 1 aromatic heterocycles. The highest BCUT2D eigenvalue weighted by molar-refractivity contribution is 7.85. The molecule has 1 aromatic rings. The van der Waals surface area contributed by atoms with Crippen molar-refractivity contribution >= 4 is 35.8 Å². The molecule has 0 aliphatic carbocycles. The minimum Gasteiger partial charge on any atom is -0.387 e. The van der Waals surface area contributed by atoms with Crippen LogP contribution in [0.1, 0.15) is 26.5 Å². The number of rotatable bonds is 13. The van der Waals surface area contributed by atoms with Gasteiger partial charge in [0.1, 0.15) is 30.2 Å². The Labute approximate surface area is 221 Å². The van der Waals surface area contributed by atoms with E-state index in [-0.39, 0.29) is 5.82 Å². The van der Waals surface area contributed by atoms with Crippen LogP contribution in [0.15, 0.2) is 17.1 Å². The maximum Gasteiger partial charge on any atom is 0.469 e. The van der Waals surface area contributed by atoms with Gasteiger partial charge in [-0.15, -0.1) is 0 Å². The van der Waals surface area contributed by atoms with Crippen LogP contribution in [0.25, 0.3) is 0 Å².